The van der Waals surface area contributed by atoms with Gasteiger partial charge in [-0.2, -0.15) is 0 Å². The molecule has 0 radical (unpaired) electrons. The highest BCUT2D eigenvalue weighted by molar-refractivity contribution is 6.83. The number of benzene rings is 2. The number of carbonyl (C=O) groups is 2. The van der Waals surface area contributed by atoms with E-state index in [4.69, 9.17) is 9.47 Å². The third kappa shape index (κ3) is 7.25. The Morgan fingerprint density at radius 1 is 1.02 bits per heavy atom. The van der Waals surface area contributed by atoms with E-state index in [2.05, 4.69) is 67.2 Å². The lowest BCUT2D eigenvalue weighted by Gasteiger charge is -2.40. The molecule has 2 fully saturated rings. The predicted molar refractivity (Wildman–Crippen MR) is 175 cm³/mol. The van der Waals surface area contributed by atoms with Crippen molar-refractivity contribution < 1.29 is 19.1 Å². The number of hydrogen-bond donors (Lipinski definition) is 0. The molecule has 1 aliphatic heterocycles. The maximum atomic E-state index is 13.2. The van der Waals surface area contributed by atoms with Crippen LogP contribution in [-0.4, -0.2) is 48.9 Å². The molecule has 2 aromatic carbocycles. The zero-order valence-electron chi connectivity index (χ0n) is 27.0. The van der Waals surface area contributed by atoms with E-state index in [0.29, 0.717) is 5.56 Å². The van der Waals surface area contributed by atoms with E-state index in [-0.39, 0.29) is 18.1 Å². The van der Waals surface area contributed by atoms with Gasteiger partial charge in [-0.15, -0.1) is 5.54 Å². The van der Waals surface area contributed by atoms with Gasteiger partial charge in [0.15, 0.2) is 0 Å². The van der Waals surface area contributed by atoms with Crippen LogP contribution in [0.5, 0.6) is 0 Å². The highest BCUT2D eigenvalue weighted by Gasteiger charge is 2.38. The number of fused-ring (bicyclic) bond motifs is 1. The summed E-state index contributed by atoms with van der Waals surface area (Å²) in [5.74, 6) is 4.82. The summed E-state index contributed by atoms with van der Waals surface area (Å²) in [5, 5.41) is 1.05. The second-order valence-corrected chi connectivity index (χ2v) is 19.1. The Bertz CT molecular complexity index is 1580. The molecule has 1 aliphatic carbocycles. The summed E-state index contributed by atoms with van der Waals surface area (Å²) >= 11 is 0. The smallest absolute Gasteiger partial charge is 0.419 e. The van der Waals surface area contributed by atoms with Crippen molar-refractivity contribution in [2.75, 3.05) is 13.7 Å². The molecule has 1 saturated heterocycles. The van der Waals surface area contributed by atoms with Gasteiger partial charge < -0.3 is 9.47 Å². The van der Waals surface area contributed by atoms with Gasteiger partial charge in [-0.1, -0.05) is 37.7 Å². The summed E-state index contributed by atoms with van der Waals surface area (Å²) in [6, 6.07) is 12.4. The predicted octanol–water partition coefficient (Wildman–Crippen LogP) is 8.11. The van der Waals surface area contributed by atoms with Crippen LogP contribution in [0.1, 0.15) is 85.1 Å². The van der Waals surface area contributed by atoms with Gasteiger partial charge in [0, 0.05) is 29.7 Å². The Morgan fingerprint density at radius 2 is 1.72 bits per heavy atom. The molecule has 43 heavy (non-hydrogen) atoms. The maximum absolute atomic E-state index is 13.2. The molecule has 2 aliphatic rings. The molecular formula is C36H46N2O4Si. The van der Waals surface area contributed by atoms with Crippen molar-refractivity contribution in [3.05, 3.63) is 70.4 Å². The standard InChI is InChI=1S/C36H46N2O4Si/c1-24-21-29(17-20-43(6,7)8)31(30-16-19-38(33(24)30)35(40)42-36(2,3)4)23-37-18-15-28(25-9-10-25)22-32(37)26-11-13-27(14-12-26)34(39)41-5/h11-14,16,19,21,25,28,32H,9-10,15,18,22-23H2,1-8H3/t28-,32+/m1/s1. The van der Waals surface area contributed by atoms with Crippen LogP contribution < -0.4 is 0 Å². The van der Waals surface area contributed by atoms with E-state index in [1.54, 1.807) is 4.57 Å². The quantitative estimate of drug-likeness (QED) is 0.169. The van der Waals surface area contributed by atoms with Gasteiger partial charge in [-0.3, -0.25) is 9.47 Å². The molecule has 0 amide bonds. The SMILES string of the molecule is COC(=O)c1ccc([C@@H]2C[C@H](C3CC3)CCN2Cc2c(C#C[Si](C)(C)C)cc(C)c3c2ccn3C(=O)OC(C)(C)C)cc1. The molecule has 0 unspecified atom stereocenters. The van der Waals surface area contributed by atoms with E-state index in [1.165, 1.54) is 31.9 Å². The fourth-order valence-electron chi connectivity index (χ4n) is 6.33. The summed E-state index contributed by atoms with van der Waals surface area (Å²) in [5.41, 5.74) is 8.90. The third-order valence-corrected chi connectivity index (χ3v) is 9.43. The van der Waals surface area contributed by atoms with E-state index in [0.717, 1.165) is 58.9 Å². The number of nitrogens with zero attached hydrogens (tertiary/aromatic N) is 2. The number of hydrogen-bond acceptors (Lipinski definition) is 5. The lowest BCUT2D eigenvalue weighted by atomic mass is 9.83. The van der Waals surface area contributed by atoms with Crippen molar-refractivity contribution in [1.29, 1.82) is 0 Å². The highest BCUT2D eigenvalue weighted by atomic mass is 28.3. The van der Waals surface area contributed by atoms with Crippen LogP contribution in [0.15, 0.2) is 42.6 Å². The van der Waals surface area contributed by atoms with E-state index >= 15 is 0 Å². The van der Waals surface area contributed by atoms with Crippen molar-refractivity contribution in [3.63, 3.8) is 0 Å². The molecule has 0 bridgehead atoms. The van der Waals surface area contributed by atoms with Gasteiger partial charge in [0.1, 0.15) is 13.7 Å². The summed E-state index contributed by atoms with van der Waals surface area (Å²) in [4.78, 5) is 28.0. The topological polar surface area (TPSA) is 60.8 Å². The van der Waals surface area contributed by atoms with Crippen LogP contribution in [0.3, 0.4) is 0 Å². The van der Waals surface area contributed by atoms with Crippen LogP contribution in [-0.2, 0) is 16.0 Å². The van der Waals surface area contributed by atoms with Gasteiger partial charge in [0.05, 0.1) is 18.2 Å². The highest BCUT2D eigenvalue weighted by Crippen LogP contribution is 2.47. The Kier molecular flexibility index (Phi) is 8.66. The monoisotopic (exact) mass is 598 g/mol. The van der Waals surface area contributed by atoms with Crippen LogP contribution in [0, 0.1) is 30.2 Å². The summed E-state index contributed by atoms with van der Waals surface area (Å²) in [6.07, 6.45) is 6.44. The average molecular weight is 599 g/mol. The van der Waals surface area contributed by atoms with Crippen molar-refractivity contribution in [3.8, 4) is 11.5 Å². The molecule has 2 atom stereocenters. The van der Waals surface area contributed by atoms with Crippen molar-refractivity contribution in [1.82, 2.24) is 9.47 Å². The van der Waals surface area contributed by atoms with Gasteiger partial charge >= 0.3 is 12.1 Å². The zero-order valence-corrected chi connectivity index (χ0v) is 28.0. The molecular weight excluding hydrogens is 552 g/mol. The van der Waals surface area contributed by atoms with Gasteiger partial charge in [0.25, 0.3) is 0 Å². The first-order valence-corrected chi connectivity index (χ1v) is 19.1. The Balaban J connectivity index is 1.58. The molecule has 1 aromatic heterocycles. The van der Waals surface area contributed by atoms with Crippen molar-refractivity contribution in [2.24, 2.45) is 11.8 Å². The minimum Gasteiger partial charge on any atom is -0.465 e. The van der Waals surface area contributed by atoms with E-state index in [1.807, 2.05) is 39.1 Å². The fourth-order valence-corrected chi connectivity index (χ4v) is 6.84. The first-order chi connectivity index (χ1) is 20.2. The number of aryl methyl sites for hydroxylation is 1. The number of esters is 1. The minimum atomic E-state index is -1.63. The number of methoxy groups -OCH3 is 1. The summed E-state index contributed by atoms with van der Waals surface area (Å²) in [7, 11) is -0.213. The van der Waals surface area contributed by atoms with Crippen LogP contribution in [0.2, 0.25) is 19.6 Å². The number of ether oxygens (including phenoxy) is 2. The van der Waals surface area contributed by atoms with E-state index in [9.17, 15) is 9.59 Å². The molecule has 5 rings (SSSR count). The number of rotatable bonds is 5. The maximum Gasteiger partial charge on any atom is 0.419 e. The second-order valence-electron chi connectivity index (χ2n) is 14.4. The number of aromatic nitrogens is 1. The zero-order chi connectivity index (χ0) is 31.1. The molecule has 1 saturated carbocycles. The molecule has 3 aromatic rings. The van der Waals surface area contributed by atoms with Gasteiger partial charge in [0.2, 0.25) is 0 Å². The third-order valence-electron chi connectivity index (χ3n) is 8.55. The van der Waals surface area contributed by atoms with Crippen LogP contribution >= 0.6 is 0 Å². The fraction of sp³-hybridized carbons (Fsp3) is 0.500. The number of carbonyl (C=O) groups excluding carboxylic acids is 2. The Hall–Kier alpha value is -3.34. The summed E-state index contributed by atoms with van der Waals surface area (Å²) < 4.78 is 12.4. The molecule has 2 heterocycles. The number of piperidine rings is 1. The van der Waals surface area contributed by atoms with Crippen molar-refractivity contribution in [2.45, 2.75) is 91.2 Å². The lowest BCUT2D eigenvalue weighted by Crippen LogP contribution is -2.37. The molecule has 0 N–H and O–H groups in total. The first-order valence-electron chi connectivity index (χ1n) is 15.6. The van der Waals surface area contributed by atoms with Gasteiger partial charge in [-0.25, -0.2) is 9.59 Å². The number of likely N-dealkylation sites (tertiary alicyclic amines) is 1. The first kappa shape index (κ1) is 31.1. The summed E-state index contributed by atoms with van der Waals surface area (Å²) in [6.45, 7) is 16.2. The molecule has 6 nitrogen and oxygen atoms in total. The van der Waals surface area contributed by atoms with Crippen LogP contribution in [0.4, 0.5) is 4.79 Å². The molecule has 228 valence electrons. The Morgan fingerprint density at radius 3 is 2.33 bits per heavy atom. The molecule has 0 spiro atoms. The van der Waals surface area contributed by atoms with Crippen molar-refractivity contribution >= 4 is 31.0 Å². The van der Waals surface area contributed by atoms with E-state index < -0.39 is 13.7 Å². The minimum absolute atomic E-state index is 0.230. The lowest BCUT2D eigenvalue weighted by molar-refractivity contribution is 0.0542. The largest absolute Gasteiger partial charge is 0.465 e. The normalized spacial score (nSPS) is 19.5. The molecule has 7 heteroatoms. The Labute approximate surface area is 257 Å². The van der Waals surface area contributed by atoms with Crippen LogP contribution in [0.25, 0.3) is 10.9 Å². The average Bonchev–Trinajstić information content (AvgIpc) is 3.69. The second kappa shape index (κ2) is 12.0. The van der Waals surface area contributed by atoms with Gasteiger partial charge in [-0.05, 0) is 113 Å².